The van der Waals surface area contributed by atoms with Crippen LogP contribution in [0.25, 0.3) is 0 Å². The van der Waals surface area contributed by atoms with E-state index in [-0.39, 0.29) is 24.4 Å². The number of nitrogens with zero attached hydrogens (tertiary/aromatic N) is 3. The van der Waals surface area contributed by atoms with E-state index >= 15 is 0 Å². The quantitative estimate of drug-likeness (QED) is 0.809. The molecule has 1 saturated heterocycles. The first-order valence-corrected chi connectivity index (χ1v) is 11.1. The van der Waals surface area contributed by atoms with Crippen LogP contribution in [0.5, 0.6) is 0 Å². The molecule has 8 nitrogen and oxygen atoms in total. The number of rotatable bonds is 4. The van der Waals surface area contributed by atoms with Crippen molar-refractivity contribution in [1.82, 2.24) is 15.1 Å². The number of hydrogen-bond acceptors (Lipinski definition) is 7. The van der Waals surface area contributed by atoms with Crippen molar-refractivity contribution in [2.75, 3.05) is 38.5 Å². The van der Waals surface area contributed by atoms with Gasteiger partial charge in [0.2, 0.25) is 0 Å². The molecule has 0 spiro atoms. The maximum atomic E-state index is 12.4. The van der Waals surface area contributed by atoms with Crippen LogP contribution in [0.2, 0.25) is 0 Å². The summed E-state index contributed by atoms with van der Waals surface area (Å²) >= 11 is 0. The van der Waals surface area contributed by atoms with Crippen LogP contribution in [0, 0.1) is 0 Å². The van der Waals surface area contributed by atoms with Crippen molar-refractivity contribution in [3.8, 4) is 0 Å². The van der Waals surface area contributed by atoms with Crippen LogP contribution >= 0.6 is 0 Å². The third-order valence-corrected chi connectivity index (χ3v) is 6.35. The first kappa shape index (κ1) is 20.4. The van der Waals surface area contributed by atoms with Crippen LogP contribution in [0.3, 0.4) is 0 Å². The second-order valence-corrected chi connectivity index (χ2v) is 10.1. The second kappa shape index (κ2) is 7.98. The molecule has 1 atom stereocenters. The van der Waals surface area contributed by atoms with Crippen molar-refractivity contribution in [3.05, 3.63) is 30.3 Å². The number of carbonyl (C=O) groups excluding carboxylic acids is 1. The molecular weight excluding hydrogens is 380 g/mol. The molecule has 0 aromatic heterocycles. The Labute approximate surface area is 166 Å². The number of guanidine groups is 1. The summed E-state index contributed by atoms with van der Waals surface area (Å²) in [5, 5.41) is 3.15. The summed E-state index contributed by atoms with van der Waals surface area (Å²) < 4.78 is 30.2. The summed E-state index contributed by atoms with van der Waals surface area (Å²) in [7, 11) is -3.32. The number of piperazine rings is 1. The average Bonchev–Trinajstić information content (AvgIpc) is 3.03. The first-order chi connectivity index (χ1) is 13.2. The molecule has 3 rings (SSSR count). The predicted molar refractivity (Wildman–Crippen MR) is 107 cm³/mol. The Balaban J connectivity index is 1.49. The zero-order valence-electron chi connectivity index (χ0n) is 16.6. The van der Waals surface area contributed by atoms with Crippen molar-refractivity contribution in [1.29, 1.82) is 0 Å². The fraction of sp³-hybridized carbons (Fsp3) is 0.579. The third-order valence-electron chi connectivity index (χ3n) is 4.61. The number of aliphatic imine (C=N–C) groups is 1. The van der Waals surface area contributed by atoms with Gasteiger partial charge < -0.3 is 19.9 Å². The molecule has 1 amide bonds. The Hall–Kier alpha value is -2.29. The Morgan fingerprint density at radius 2 is 1.96 bits per heavy atom. The van der Waals surface area contributed by atoms with E-state index < -0.39 is 15.4 Å². The minimum Gasteiger partial charge on any atom is -0.444 e. The van der Waals surface area contributed by atoms with E-state index in [1.807, 2.05) is 20.8 Å². The van der Waals surface area contributed by atoms with E-state index in [0.29, 0.717) is 37.0 Å². The number of fused-ring (bicyclic) bond motifs is 1. The van der Waals surface area contributed by atoms with Gasteiger partial charge in [-0.15, -0.1) is 0 Å². The van der Waals surface area contributed by atoms with E-state index in [0.717, 1.165) is 0 Å². The van der Waals surface area contributed by atoms with Gasteiger partial charge in [-0.1, -0.05) is 18.2 Å². The molecular formula is C19H28N4O4S. The molecule has 28 heavy (non-hydrogen) atoms. The van der Waals surface area contributed by atoms with E-state index in [4.69, 9.17) is 4.74 Å². The number of ether oxygens (including phenoxy) is 1. The minimum absolute atomic E-state index is 0.00142. The van der Waals surface area contributed by atoms with Crippen molar-refractivity contribution in [3.63, 3.8) is 0 Å². The highest BCUT2D eigenvalue weighted by Crippen LogP contribution is 2.18. The molecule has 154 valence electrons. The molecule has 1 aromatic rings. The van der Waals surface area contributed by atoms with E-state index in [9.17, 15) is 13.2 Å². The summed E-state index contributed by atoms with van der Waals surface area (Å²) in [5.41, 5.74) is -0.517. The second-order valence-electron chi connectivity index (χ2n) is 8.00. The van der Waals surface area contributed by atoms with Crippen LogP contribution in [0.4, 0.5) is 4.79 Å². The van der Waals surface area contributed by atoms with E-state index in [2.05, 4.69) is 15.2 Å². The number of hydrogen-bond donors (Lipinski definition) is 1. The Morgan fingerprint density at radius 3 is 2.64 bits per heavy atom. The van der Waals surface area contributed by atoms with Gasteiger partial charge in [-0.25, -0.2) is 13.2 Å². The lowest BCUT2D eigenvalue weighted by molar-refractivity contribution is 0.0137. The van der Waals surface area contributed by atoms with Crippen LogP contribution in [-0.4, -0.2) is 80.4 Å². The van der Waals surface area contributed by atoms with Gasteiger partial charge in [-0.05, 0) is 32.9 Å². The summed E-state index contributed by atoms with van der Waals surface area (Å²) in [5.74, 6) is 0.704. The number of sulfone groups is 1. The van der Waals surface area contributed by atoms with Crippen molar-refractivity contribution in [2.24, 2.45) is 4.99 Å². The normalized spacial score (nSPS) is 19.8. The van der Waals surface area contributed by atoms with E-state index in [1.165, 1.54) is 0 Å². The van der Waals surface area contributed by atoms with Crippen LogP contribution in [0.15, 0.2) is 40.2 Å². The molecule has 1 N–H and O–H groups in total. The van der Waals surface area contributed by atoms with E-state index in [1.54, 1.807) is 35.2 Å². The highest BCUT2D eigenvalue weighted by atomic mass is 32.2. The maximum absolute atomic E-state index is 12.4. The summed E-state index contributed by atoms with van der Waals surface area (Å²) in [6, 6.07) is 8.53. The van der Waals surface area contributed by atoms with Gasteiger partial charge in [0.25, 0.3) is 0 Å². The summed E-state index contributed by atoms with van der Waals surface area (Å²) in [6.07, 6.45) is -0.303. The van der Waals surface area contributed by atoms with Gasteiger partial charge in [0.05, 0.1) is 23.2 Å². The Morgan fingerprint density at radius 1 is 1.25 bits per heavy atom. The molecule has 2 aliphatic rings. The highest BCUT2D eigenvalue weighted by molar-refractivity contribution is 7.91. The molecule has 0 saturated carbocycles. The molecule has 0 radical (unpaired) electrons. The van der Waals surface area contributed by atoms with Gasteiger partial charge >= 0.3 is 6.09 Å². The summed E-state index contributed by atoms with van der Waals surface area (Å²) in [6.45, 7) is 8.16. The maximum Gasteiger partial charge on any atom is 0.410 e. The smallest absolute Gasteiger partial charge is 0.410 e. The molecule has 0 bridgehead atoms. The minimum atomic E-state index is -3.32. The average molecular weight is 409 g/mol. The summed E-state index contributed by atoms with van der Waals surface area (Å²) in [4.78, 5) is 20.9. The fourth-order valence-electron chi connectivity index (χ4n) is 3.27. The Bertz CT molecular complexity index is 833. The highest BCUT2D eigenvalue weighted by Gasteiger charge is 2.36. The van der Waals surface area contributed by atoms with Crippen molar-refractivity contribution >= 4 is 21.9 Å². The molecule has 1 unspecified atom stereocenters. The number of benzene rings is 1. The molecule has 2 aliphatic heterocycles. The van der Waals surface area contributed by atoms with Crippen LogP contribution < -0.4 is 5.32 Å². The van der Waals surface area contributed by atoms with Gasteiger partial charge in [-0.3, -0.25) is 4.99 Å². The van der Waals surface area contributed by atoms with Crippen LogP contribution in [0.1, 0.15) is 20.8 Å². The van der Waals surface area contributed by atoms with Gasteiger partial charge in [0.1, 0.15) is 5.60 Å². The lowest BCUT2D eigenvalue weighted by atomic mass is 10.2. The molecule has 1 fully saturated rings. The zero-order valence-corrected chi connectivity index (χ0v) is 17.4. The number of nitrogens with one attached hydrogen (secondary N) is 1. The zero-order chi connectivity index (χ0) is 20.4. The Kier molecular flexibility index (Phi) is 5.83. The molecule has 2 heterocycles. The van der Waals surface area contributed by atoms with Crippen molar-refractivity contribution in [2.45, 2.75) is 37.3 Å². The predicted octanol–water partition coefficient (Wildman–Crippen LogP) is 1.34. The van der Waals surface area contributed by atoms with Gasteiger partial charge in [-0.2, -0.15) is 0 Å². The topological polar surface area (TPSA) is 91.3 Å². The molecule has 1 aromatic carbocycles. The first-order valence-electron chi connectivity index (χ1n) is 9.46. The fourth-order valence-corrected chi connectivity index (χ4v) is 4.44. The monoisotopic (exact) mass is 408 g/mol. The third kappa shape index (κ3) is 4.95. The lowest BCUT2D eigenvalue weighted by Crippen LogP contribution is -2.57. The largest absolute Gasteiger partial charge is 0.444 e. The van der Waals surface area contributed by atoms with Gasteiger partial charge in [0, 0.05) is 26.2 Å². The van der Waals surface area contributed by atoms with Gasteiger partial charge in [0.15, 0.2) is 15.8 Å². The SMILES string of the molecule is CC(C)(C)OC(=O)N1CCN2C(NCCS(=O)(=O)c3ccccc3)=NCC2C1. The van der Waals surface area contributed by atoms with Crippen LogP contribution in [-0.2, 0) is 14.6 Å². The standard InChI is InChI=1S/C19H28N4O4S/c1-19(2,3)27-18(24)22-10-11-23-15(14-22)13-21-17(23)20-9-12-28(25,26)16-7-5-4-6-8-16/h4-8,15H,9-14H2,1-3H3,(H,20,21). The number of amides is 1. The molecule has 9 heteroatoms. The lowest BCUT2D eigenvalue weighted by Gasteiger charge is -2.39. The molecule has 0 aliphatic carbocycles. The number of carbonyl (C=O) groups is 1. The van der Waals surface area contributed by atoms with Crippen molar-refractivity contribution < 1.29 is 17.9 Å².